The summed E-state index contributed by atoms with van der Waals surface area (Å²) in [5, 5.41) is 21.3. The number of benzene rings is 3. The Labute approximate surface area is 201 Å². The van der Waals surface area contributed by atoms with Gasteiger partial charge in [-0.1, -0.05) is 36.9 Å². The molecular weight excluding hydrogens is 450 g/mol. The number of phenols is 1. The van der Waals surface area contributed by atoms with Crippen molar-refractivity contribution in [1.29, 1.82) is 0 Å². The number of azo groups is 1. The summed E-state index contributed by atoms with van der Waals surface area (Å²) in [5.41, 5.74) is 1.57. The van der Waals surface area contributed by atoms with E-state index in [4.69, 9.17) is 9.47 Å². The van der Waals surface area contributed by atoms with Gasteiger partial charge in [-0.05, 0) is 30.3 Å². The van der Waals surface area contributed by atoms with Gasteiger partial charge >= 0.3 is 5.97 Å². The number of rotatable bonds is 10. The van der Waals surface area contributed by atoms with Crippen LogP contribution < -0.4 is 10.1 Å². The van der Waals surface area contributed by atoms with Crippen molar-refractivity contribution in [3.8, 4) is 11.5 Å². The van der Waals surface area contributed by atoms with Crippen molar-refractivity contribution in [2.75, 3.05) is 20.3 Å². The molecule has 0 unspecified atom stereocenters. The summed E-state index contributed by atoms with van der Waals surface area (Å²) in [7, 11) is 1.41. The van der Waals surface area contributed by atoms with Crippen molar-refractivity contribution in [2.45, 2.75) is 0 Å². The minimum absolute atomic E-state index is 0.0338. The first-order valence-electron chi connectivity index (χ1n) is 10.5. The third-order valence-corrected chi connectivity index (χ3v) is 4.78. The van der Waals surface area contributed by atoms with Crippen LogP contribution in [0, 0.1) is 0 Å². The highest BCUT2D eigenvalue weighted by Gasteiger charge is 2.17. The molecule has 178 valence electrons. The van der Waals surface area contributed by atoms with Gasteiger partial charge in [0.1, 0.15) is 23.8 Å². The average Bonchev–Trinajstić information content (AvgIpc) is 2.90. The van der Waals surface area contributed by atoms with Crippen molar-refractivity contribution >= 4 is 29.0 Å². The summed E-state index contributed by atoms with van der Waals surface area (Å²) >= 11 is 0. The maximum Gasteiger partial charge on any atom is 0.330 e. The lowest BCUT2D eigenvalue weighted by atomic mass is 10.0. The molecule has 0 aromatic heterocycles. The van der Waals surface area contributed by atoms with Crippen molar-refractivity contribution in [3.05, 3.63) is 96.1 Å². The number of esters is 1. The Morgan fingerprint density at radius 1 is 1.00 bits per heavy atom. The molecule has 0 fully saturated rings. The smallest absolute Gasteiger partial charge is 0.330 e. The molecular formula is C26H23N3O6. The normalized spacial score (nSPS) is 10.5. The molecule has 3 rings (SSSR count). The minimum atomic E-state index is -0.559. The van der Waals surface area contributed by atoms with E-state index in [1.807, 2.05) is 0 Å². The Balaban J connectivity index is 1.72. The molecule has 0 saturated carbocycles. The Bertz CT molecular complexity index is 1250. The zero-order chi connectivity index (χ0) is 25.2. The van der Waals surface area contributed by atoms with Crippen LogP contribution in [0.5, 0.6) is 11.5 Å². The zero-order valence-electron chi connectivity index (χ0n) is 18.9. The first kappa shape index (κ1) is 24.8. The minimum Gasteiger partial charge on any atom is -0.507 e. The molecule has 0 aliphatic carbocycles. The third-order valence-electron chi connectivity index (χ3n) is 4.78. The molecule has 0 spiro atoms. The fourth-order valence-corrected chi connectivity index (χ4v) is 2.99. The van der Waals surface area contributed by atoms with Gasteiger partial charge in [-0.2, -0.15) is 5.11 Å². The first-order chi connectivity index (χ1) is 16.9. The molecule has 0 bridgehead atoms. The van der Waals surface area contributed by atoms with Gasteiger partial charge in [-0.15, -0.1) is 5.11 Å². The molecule has 1 amide bonds. The van der Waals surface area contributed by atoms with E-state index in [-0.39, 0.29) is 47.6 Å². The third kappa shape index (κ3) is 6.61. The van der Waals surface area contributed by atoms with Crippen LogP contribution in [0.3, 0.4) is 0 Å². The summed E-state index contributed by atoms with van der Waals surface area (Å²) in [6, 6.07) is 17.6. The summed E-state index contributed by atoms with van der Waals surface area (Å²) in [6.45, 7) is 3.48. The molecule has 0 saturated heterocycles. The molecule has 2 N–H and O–H groups in total. The topological polar surface area (TPSA) is 127 Å². The second-order valence-electron chi connectivity index (χ2n) is 7.11. The van der Waals surface area contributed by atoms with E-state index < -0.39 is 5.97 Å². The number of amides is 1. The van der Waals surface area contributed by atoms with Crippen LogP contribution in [0.1, 0.15) is 26.3 Å². The van der Waals surface area contributed by atoms with E-state index in [2.05, 4.69) is 22.1 Å². The van der Waals surface area contributed by atoms with Crippen LogP contribution in [0.15, 0.2) is 89.6 Å². The van der Waals surface area contributed by atoms with Gasteiger partial charge in [0, 0.05) is 23.3 Å². The van der Waals surface area contributed by atoms with Crippen LogP contribution in [-0.2, 0) is 9.53 Å². The number of methoxy groups -OCH3 is 1. The van der Waals surface area contributed by atoms with Gasteiger partial charge in [0.2, 0.25) is 0 Å². The molecule has 0 heterocycles. The highest BCUT2D eigenvalue weighted by atomic mass is 16.5. The summed E-state index contributed by atoms with van der Waals surface area (Å²) in [6.07, 6.45) is 1.05. The molecule has 0 atom stereocenters. The van der Waals surface area contributed by atoms with E-state index >= 15 is 0 Å². The number of ether oxygens (including phenoxy) is 2. The van der Waals surface area contributed by atoms with Crippen LogP contribution >= 0.6 is 0 Å². The quantitative estimate of drug-likeness (QED) is 0.147. The lowest BCUT2D eigenvalue weighted by Gasteiger charge is -2.09. The fraction of sp³-hybridized carbons (Fsp3) is 0.115. The number of aromatic hydroxyl groups is 1. The molecule has 0 radical (unpaired) electrons. The SMILES string of the molecule is C=CC(=O)OCCNC(=O)c1ccc(/N=N/c2cc(C(=O)c3ccccc3)c(O)cc2OC)cc1. The number of carbonyl (C=O) groups is 3. The van der Waals surface area contributed by atoms with Crippen molar-refractivity contribution in [3.63, 3.8) is 0 Å². The van der Waals surface area contributed by atoms with Crippen molar-refractivity contribution in [1.82, 2.24) is 5.32 Å². The summed E-state index contributed by atoms with van der Waals surface area (Å²) in [4.78, 5) is 36.0. The number of nitrogens with one attached hydrogen (secondary N) is 1. The van der Waals surface area contributed by atoms with E-state index in [1.54, 1.807) is 54.6 Å². The van der Waals surface area contributed by atoms with Gasteiger partial charge in [-0.3, -0.25) is 9.59 Å². The first-order valence-corrected chi connectivity index (χ1v) is 10.5. The molecule has 3 aromatic rings. The number of hydrogen-bond donors (Lipinski definition) is 2. The predicted octanol–water partition coefficient (Wildman–Crippen LogP) is 4.51. The number of ketones is 1. The highest BCUT2D eigenvalue weighted by Crippen LogP contribution is 2.36. The van der Waals surface area contributed by atoms with Crippen LogP contribution in [0.4, 0.5) is 11.4 Å². The molecule has 3 aromatic carbocycles. The van der Waals surface area contributed by atoms with Crippen molar-refractivity contribution in [2.24, 2.45) is 10.2 Å². The van der Waals surface area contributed by atoms with Gasteiger partial charge < -0.3 is 19.9 Å². The van der Waals surface area contributed by atoms with E-state index in [0.717, 1.165) is 6.08 Å². The highest BCUT2D eigenvalue weighted by molar-refractivity contribution is 6.11. The second kappa shape index (κ2) is 11.9. The molecule has 9 nitrogen and oxygen atoms in total. The fourth-order valence-electron chi connectivity index (χ4n) is 2.99. The van der Waals surface area contributed by atoms with Crippen LogP contribution in [0.25, 0.3) is 0 Å². The number of nitrogens with zero attached hydrogens (tertiary/aromatic N) is 2. The van der Waals surface area contributed by atoms with E-state index in [1.165, 1.54) is 19.2 Å². The zero-order valence-corrected chi connectivity index (χ0v) is 18.9. The second-order valence-corrected chi connectivity index (χ2v) is 7.11. The van der Waals surface area contributed by atoms with Crippen molar-refractivity contribution < 1.29 is 29.0 Å². The summed E-state index contributed by atoms with van der Waals surface area (Å²) in [5.74, 6) is -1.26. The molecule has 0 aliphatic rings. The molecule has 9 heteroatoms. The Morgan fingerprint density at radius 2 is 1.71 bits per heavy atom. The molecule has 35 heavy (non-hydrogen) atoms. The van der Waals surface area contributed by atoms with Crippen LogP contribution in [-0.4, -0.2) is 43.0 Å². The van der Waals surface area contributed by atoms with Gasteiger partial charge in [0.05, 0.1) is 24.9 Å². The van der Waals surface area contributed by atoms with E-state index in [9.17, 15) is 19.5 Å². The van der Waals surface area contributed by atoms with Gasteiger partial charge in [0.15, 0.2) is 5.78 Å². The van der Waals surface area contributed by atoms with E-state index in [0.29, 0.717) is 16.8 Å². The Kier molecular flexibility index (Phi) is 8.44. The molecule has 0 aliphatic heterocycles. The summed E-state index contributed by atoms with van der Waals surface area (Å²) < 4.78 is 10.1. The van der Waals surface area contributed by atoms with Gasteiger partial charge in [0.25, 0.3) is 5.91 Å². The number of hydrogen-bond acceptors (Lipinski definition) is 8. The lowest BCUT2D eigenvalue weighted by Crippen LogP contribution is -2.27. The number of phenolic OH excluding ortho intramolecular Hbond substituents is 1. The largest absolute Gasteiger partial charge is 0.507 e. The maximum absolute atomic E-state index is 12.8. The Morgan fingerprint density at radius 3 is 2.37 bits per heavy atom. The maximum atomic E-state index is 12.8. The number of carbonyl (C=O) groups excluding carboxylic acids is 3. The average molecular weight is 473 g/mol. The lowest BCUT2D eigenvalue weighted by molar-refractivity contribution is -0.137. The standard InChI is InChI=1S/C26H23N3O6/c1-3-24(31)35-14-13-27-26(33)18-9-11-19(12-10-18)28-29-21-15-20(22(30)16-23(21)34-2)25(32)17-7-5-4-6-8-17/h3-12,15-16,30H,1,13-14H2,2H3,(H,27,33)/b29-28+. The van der Waals surface area contributed by atoms with Crippen LogP contribution in [0.2, 0.25) is 0 Å². The van der Waals surface area contributed by atoms with Gasteiger partial charge in [-0.25, -0.2) is 4.79 Å². The Hall–Kier alpha value is -4.79. The monoisotopic (exact) mass is 473 g/mol. The predicted molar refractivity (Wildman–Crippen MR) is 129 cm³/mol.